The molecule has 0 aliphatic heterocycles. The minimum absolute atomic E-state index is 0.0649. The Morgan fingerprint density at radius 2 is 2.00 bits per heavy atom. The molecule has 3 aromatic rings. The molecule has 0 fully saturated rings. The summed E-state index contributed by atoms with van der Waals surface area (Å²) in [5, 5.41) is 9.86. The largest absolute Gasteiger partial charge is 0.497 e. The second-order valence-corrected chi connectivity index (χ2v) is 5.39. The van der Waals surface area contributed by atoms with E-state index in [4.69, 9.17) is 9.84 Å². The van der Waals surface area contributed by atoms with Gasteiger partial charge < -0.3 is 14.8 Å². The molecule has 0 atom stereocenters. The number of fused-ring (bicyclic) bond motifs is 1. The lowest BCUT2D eigenvalue weighted by molar-refractivity contribution is 0.282. The first-order chi connectivity index (χ1) is 9.78. The summed E-state index contributed by atoms with van der Waals surface area (Å²) in [6, 6.07) is 13.5. The number of aromatic amines is 1. The fourth-order valence-corrected chi connectivity index (χ4v) is 2.72. The number of aromatic nitrogens is 2. The molecule has 0 radical (unpaired) electrons. The highest BCUT2D eigenvalue weighted by Crippen LogP contribution is 2.28. The summed E-state index contributed by atoms with van der Waals surface area (Å²) in [7, 11) is 1.65. The van der Waals surface area contributed by atoms with E-state index in [1.165, 1.54) is 0 Å². The van der Waals surface area contributed by atoms with Gasteiger partial charge in [0.25, 0.3) is 0 Å². The lowest BCUT2D eigenvalue weighted by atomic mass is 10.2. The topological polar surface area (TPSA) is 58.1 Å². The number of nitrogens with zero attached hydrogens (tertiary/aromatic N) is 1. The molecule has 102 valence electrons. The molecule has 2 N–H and O–H groups in total. The van der Waals surface area contributed by atoms with Crippen LogP contribution in [0.3, 0.4) is 0 Å². The number of aliphatic hydroxyl groups is 1. The van der Waals surface area contributed by atoms with Crippen LogP contribution in [0.4, 0.5) is 0 Å². The highest BCUT2D eigenvalue weighted by atomic mass is 32.2. The molecule has 4 nitrogen and oxygen atoms in total. The number of hydrogen-bond acceptors (Lipinski definition) is 4. The van der Waals surface area contributed by atoms with Crippen LogP contribution in [0.15, 0.2) is 52.5 Å². The molecule has 0 aliphatic carbocycles. The van der Waals surface area contributed by atoms with E-state index in [0.717, 1.165) is 32.4 Å². The summed E-state index contributed by atoms with van der Waals surface area (Å²) in [6.07, 6.45) is 0. The van der Waals surface area contributed by atoms with E-state index < -0.39 is 0 Å². The summed E-state index contributed by atoms with van der Waals surface area (Å²) in [5.74, 6) is 0.810. The molecule has 3 rings (SSSR count). The van der Waals surface area contributed by atoms with Crippen molar-refractivity contribution in [2.75, 3.05) is 7.11 Å². The van der Waals surface area contributed by atoms with E-state index in [0.29, 0.717) is 0 Å². The van der Waals surface area contributed by atoms with Crippen LogP contribution in [-0.2, 0) is 6.61 Å². The first-order valence-corrected chi connectivity index (χ1v) is 7.01. The van der Waals surface area contributed by atoms with E-state index >= 15 is 0 Å². The molecule has 2 aromatic carbocycles. The Balaban J connectivity index is 1.86. The molecule has 0 amide bonds. The zero-order chi connectivity index (χ0) is 13.9. The number of nitrogens with one attached hydrogen (secondary N) is 1. The first kappa shape index (κ1) is 13.0. The number of imidazole rings is 1. The smallest absolute Gasteiger partial charge is 0.171 e. The Morgan fingerprint density at radius 3 is 2.70 bits per heavy atom. The lowest BCUT2D eigenvalue weighted by Gasteiger charge is -1.99. The Kier molecular flexibility index (Phi) is 3.62. The first-order valence-electron chi connectivity index (χ1n) is 6.20. The van der Waals surface area contributed by atoms with Gasteiger partial charge in [-0.05, 0) is 29.8 Å². The maximum absolute atomic E-state index is 9.03. The Labute approximate surface area is 120 Å². The predicted octanol–water partition coefficient (Wildman–Crippen LogP) is 3.22. The molecule has 0 aliphatic rings. The van der Waals surface area contributed by atoms with Crippen LogP contribution < -0.4 is 4.74 Å². The maximum atomic E-state index is 9.03. The van der Waals surface area contributed by atoms with Crippen molar-refractivity contribution in [3.63, 3.8) is 0 Å². The van der Waals surface area contributed by atoms with Crippen LogP contribution in [0.25, 0.3) is 11.0 Å². The van der Waals surface area contributed by atoms with Crippen molar-refractivity contribution in [2.45, 2.75) is 16.7 Å². The van der Waals surface area contributed by atoms with Crippen molar-refractivity contribution in [1.29, 1.82) is 0 Å². The van der Waals surface area contributed by atoms with Gasteiger partial charge in [0.1, 0.15) is 5.75 Å². The Hall–Kier alpha value is -1.98. The highest BCUT2D eigenvalue weighted by molar-refractivity contribution is 7.99. The van der Waals surface area contributed by atoms with Crippen LogP contribution >= 0.6 is 11.8 Å². The summed E-state index contributed by atoms with van der Waals surface area (Å²) in [6.45, 7) is 0.0649. The predicted molar refractivity (Wildman–Crippen MR) is 79.1 cm³/mol. The number of ether oxygens (including phenoxy) is 1. The van der Waals surface area contributed by atoms with Gasteiger partial charge in [0.05, 0.1) is 24.8 Å². The van der Waals surface area contributed by atoms with Gasteiger partial charge in [-0.25, -0.2) is 4.98 Å². The quantitative estimate of drug-likeness (QED) is 0.773. The summed E-state index contributed by atoms with van der Waals surface area (Å²) in [5.41, 5.74) is 2.78. The van der Waals surface area contributed by atoms with Crippen LogP contribution in [0.5, 0.6) is 5.75 Å². The van der Waals surface area contributed by atoms with Gasteiger partial charge in [-0.1, -0.05) is 23.9 Å². The fraction of sp³-hybridized carbons (Fsp3) is 0.133. The van der Waals surface area contributed by atoms with Gasteiger partial charge in [-0.3, -0.25) is 0 Å². The number of hydrogen-bond donors (Lipinski definition) is 2. The van der Waals surface area contributed by atoms with Gasteiger partial charge in [0.2, 0.25) is 0 Å². The molecular weight excluding hydrogens is 272 g/mol. The molecule has 0 spiro atoms. The number of benzene rings is 2. The van der Waals surface area contributed by atoms with Crippen LogP contribution in [-0.4, -0.2) is 22.2 Å². The minimum atomic E-state index is 0.0649. The molecule has 0 saturated heterocycles. The van der Waals surface area contributed by atoms with Gasteiger partial charge in [-0.15, -0.1) is 0 Å². The van der Waals surface area contributed by atoms with Gasteiger partial charge in [0.15, 0.2) is 5.16 Å². The molecule has 5 heteroatoms. The molecule has 1 aromatic heterocycles. The third kappa shape index (κ3) is 2.64. The van der Waals surface area contributed by atoms with E-state index in [1.807, 2.05) is 42.5 Å². The monoisotopic (exact) mass is 286 g/mol. The second-order valence-electron chi connectivity index (χ2n) is 4.33. The third-order valence-electron chi connectivity index (χ3n) is 2.99. The summed E-state index contributed by atoms with van der Waals surface area (Å²) in [4.78, 5) is 8.88. The van der Waals surface area contributed by atoms with E-state index in [2.05, 4.69) is 9.97 Å². The third-order valence-corrected chi connectivity index (χ3v) is 3.88. The van der Waals surface area contributed by atoms with Crippen molar-refractivity contribution < 1.29 is 9.84 Å². The second kappa shape index (κ2) is 5.56. The molecule has 20 heavy (non-hydrogen) atoms. The zero-order valence-corrected chi connectivity index (χ0v) is 11.8. The Morgan fingerprint density at radius 1 is 1.20 bits per heavy atom. The van der Waals surface area contributed by atoms with Crippen molar-refractivity contribution in [3.05, 3.63) is 48.0 Å². The SMILES string of the molecule is COc1ccc2nc(Sc3ccc(CO)cc3)[nH]c2c1. The van der Waals surface area contributed by atoms with Crippen LogP contribution in [0.2, 0.25) is 0 Å². The van der Waals surface area contributed by atoms with Gasteiger partial charge in [-0.2, -0.15) is 0 Å². The highest BCUT2D eigenvalue weighted by Gasteiger charge is 2.05. The number of rotatable bonds is 4. The van der Waals surface area contributed by atoms with Crippen molar-refractivity contribution in [3.8, 4) is 5.75 Å². The number of methoxy groups -OCH3 is 1. The molecular formula is C15H14N2O2S. The van der Waals surface area contributed by atoms with Crippen LogP contribution in [0.1, 0.15) is 5.56 Å². The summed E-state index contributed by atoms with van der Waals surface area (Å²) >= 11 is 1.56. The number of aliphatic hydroxyl groups excluding tert-OH is 1. The summed E-state index contributed by atoms with van der Waals surface area (Å²) < 4.78 is 5.20. The fourth-order valence-electron chi connectivity index (χ4n) is 1.92. The van der Waals surface area contributed by atoms with Gasteiger partial charge in [0, 0.05) is 11.0 Å². The van der Waals surface area contributed by atoms with Crippen LogP contribution in [0, 0.1) is 0 Å². The van der Waals surface area contributed by atoms with Gasteiger partial charge >= 0.3 is 0 Å². The molecule has 0 unspecified atom stereocenters. The molecule has 0 saturated carbocycles. The number of H-pyrrole nitrogens is 1. The maximum Gasteiger partial charge on any atom is 0.171 e. The normalized spacial score (nSPS) is 10.9. The van der Waals surface area contributed by atoms with E-state index in [9.17, 15) is 0 Å². The molecule has 0 bridgehead atoms. The average molecular weight is 286 g/mol. The van der Waals surface area contributed by atoms with E-state index in [1.54, 1.807) is 18.9 Å². The van der Waals surface area contributed by atoms with Crippen molar-refractivity contribution in [2.24, 2.45) is 0 Å². The van der Waals surface area contributed by atoms with Crippen molar-refractivity contribution in [1.82, 2.24) is 9.97 Å². The minimum Gasteiger partial charge on any atom is -0.497 e. The van der Waals surface area contributed by atoms with Crippen molar-refractivity contribution >= 4 is 22.8 Å². The zero-order valence-electron chi connectivity index (χ0n) is 11.0. The molecule has 1 heterocycles. The standard InChI is InChI=1S/C15H14N2O2S/c1-19-11-4-7-13-14(8-11)17-15(16-13)20-12-5-2-10(9-18)3-6-12/h2-8,18H,9H2,1H3,(H,16,17). The lowest BCUT2D eigenvalue weighted by Crippen LogP contribution is -1.82. The Bertz CT molecular complexity index is 722. The van der Waals surface area contributed by atoms with E-state index in [-0.39, 0.29) is 6.61 Å². The average Bonchev–Trinajstić information content (AvgIpc) is 2.89.